The van der Waals surface area contributed by atoms with Crippen LogP contribution in [0.5, 0.6) is 0 Å². The molecule has 2 bridgehead atoms. The summed E-state index contributed by atoms with van der Waals surface area (Å²) in [5.74, 6) is 0. The molecule has 4 rings (SSSR count). The summed E-state index contributed by atoms with van der Waals surface area (Å²) >= 11 is 5.95. The lowest BCUT2D eigenvalue weighted by molar-refractivity contribution is -0.137. The van der Waals surface area contributed by atoms with E-state index in [9.17, 15) is 13.2 Å². The maximum Gasteiger partial charge on any atom is 0.416 e. The zero-order valence-corrected chi connectivity index (χ0v) is 15.0. The smallest absolute Gasteiger partial charge is 0.363 e. The highest BCUT2D eigenvalue weighted by Crippen LogP contribution is 2.37. The lowest BCUT2D eigenvalue weighted by Gasteiger charge is -2.42. The van der Waals surface area contributed by atoms with Crippen molar-refractivity contribution >= 4 is 17.3 Å². The van der Waals surface area contributed by atoms with E-state index >= 15 is 0 Å². The average molecular weight is 381 g/mol. The van der Waals surface area contributed by atoms with Crippen LogP contribution in [0.25, 0.3) is 0 Å². The van der Waals surface area contributed by atoms with Gasteiger partial charge in [-0.25, -0.2) is 0 Å². The number of anilines is 1. The summed E-state index contributed by atoms with van der Waals surface area (Å²) in [4.78, 5) is 4.75. The minimum absolute atomic E-state index is 0.359. The van der Waals surface area contributed by atoms with Crippen LogP contribution in [0.15, 0.2) is 48.5 Å². The number of piperazine rings is 1. The predicted molar refractivity (Wildman–Crippen MR) is 97.5 cm³/mol. The van der Waals surface area contributed by atoms with Crippen molar-refractivity contribution in [3.8, 4) is 0 Å². The molecule has 138 valence electrons. The monoisotopic (exact) mass is 380 g/mol. The number of halogens is 4. The Labute approximate surface area is 156 Å². The molecular weight excluding hydrogens is 361 g/mol. The van der Waals surface area contributed by atoms with Gasteiger partial charge in [0.25, 0.3) is 0 Å². The molecule has 2 fully saturated rings. The van der Waals surface area contributed by atoms with E-state index in [1.54, 1.807) is 12.1 Å². The number of hydrogen-bond donors (Lipinski definition) is 0. The number of fused-ring (bicyclic) bond motifs is 2. The maximum atomic E-state index is 12.8. The van der Waals surface area contributed by atoms with Crippen LogP contribution < -0.4 is 4.90 Å². The molecule has 0 N–H and O–H groups in total. The van der Waals surface area contributed by atoms with Crippen LogP contribution in [0.3, 0.4) is 0 Å². The highest BCUT2D eigenvalue weighted by molar-refractivity contribution is 6.30. The van der Waals surface area contributed by atoms with Crippen molar-refractivity contribution in [1.82, 2.24) is 4.90 Å². The molecule has 0 amide bonds. The minimum Gasteiger partial charge on any atom is -0.363 e. The Morgan fingerprint density at radius 2 is 1.46 bits per heavy atom. The number of rotatable bonds is 3. The molecule has 0 aromatic heterocycles. The second-order valence-electron chi connectivity index (χ2n) is 7.16. The zero-order chi connectivity index (χ0) is 18.3. The van der Waals surface area contributed by atoms with Gasteiger partial charge in [-0.15, -0.1) is 0 Å². The quantitative estimate of drug-likeness (QED) is 0.721. The van der Waals surface area contributed by atoms with Crippen molar-refractivity contribution in [2.45, 2.75) is 37.6 Å². The highest BCUT2D eigenvalue weighted by atomic mass is 35.5. The Hall–Kier alpha value is -1.72. The van der Waals surface area contributed by atoms with E-state index in [1.165, 1.54) is 17.7 Å². The lowest BCUT2D eigenvalue weighted by Crippen LogP contribution is -2.53. The topological polar surface area (TPSA) is 6.48 Å². The van der Waals surface area contributed by atoms with Crippen LogP contribution in [0.4, 0.5) is 18.9 Å². The van der Waals surface area contributed by atoms with Gasteiger partial charge in [0.15, 0.2) is 0 Å². The lowest BCUT2D eigenvalue weighted by atomic mass is 10.1. The van der Waals surface area contributed by atoms with E-state index in [-0.39, 0.29) is 0 Å². The van der Waals surface area contributed by atoms with Crippen LogP contribution in [-0.4, -0.2) is 30.1 Å². The largest absolute Gasteiger partial charge is 0.416 e. The van der Waals surface area contributed by atoms with E-state index in [2.05, 4.69) is 9.80 Å². The van der Waals surface area contributed by atoms with Crippen molar-refractivity contribution in [2.75, 3.05) is 18.0 Å². The van der Waals surface area contributed by atoms with Gasteiger partial charge in [0.1, 0.15) is 0 Å². The predicted octanol–water partition coefficient (Wildman–Crippen LogP) is 5.21. The Morgan fingerprint density at radius 3 is 2.00 bits per heavy atom. The van der Waals surface area contributed by atoms with Gasteiger partial charge in [0.05, 0.1) is 5.56 Å². The van der Waals surface area contributed by atoms with Crippen molar-refractivity contribution in [2.24, 2.45) is 0 Å². The summed E-state index contributed by atoms with van der Waals surface area (Å²) in [5, 5.41) is 0.737. The molecule has 2 unspecified atom stereocenters. The van der Waals surface area contributed by atoms with E-state index in [0.29, 0.717) is 12.1 Å². The summed E-state index contributed by atoms with van der Waals surface area (Å²) in [6.07, 6.45) is -2.11. The van der Waals surface area contributed by atoms with E-state index in [0.717, 1.165) is 43.2 Å². The number of nitrogens with zero attached hydrogens (tertiary/aromatic N) is 2. The molecule has 0 radical (unpaired) electrons. The van der Waals surface area contributed by atoms with Crippen molar-refractivity contribution in [3.05, 3.63) is 64.7 Å². The molecule has 2 aliphatic heterocycles. The third-order valence-electron chi connectivity index (χ3n) is 5.37. The second kappa shape index (κ2) is 6.78. The van der Waals surface area contributed by atoms with Gasteiger partial charge in [0.2, 0.25) is 0 Å². The molecule has 6 heteroatoms. The first kappa shape index (κ1) is 17.7. The van der Waals surface area contributed by atoms with Gasteiger partial charge in [-0.1, -0.05) is 23.7 Å². The van der Waals surface area contributed by atoms with Crippen LogP contribution >= 0.6 is 11.6 Å². The average Bonchev–Trinajstić information content (AvgIpc) is 2.87. The van der Waals surface area contributed by atoms with Gasteiger partial charge >= 0.3 is 6.18 Å². The fourth-order valence-corrected chi connectivity index (χ4v) is 4.34. The van der Waals surface area contributed by atoms with E-state index in [4.69, 9.17) is 11.6 Å². The summed E-state index contributed by atoms with van der Waals surface area (Å²) in [6.45, 7) is 2.74. The first-order valence-electron chi connectivity index (χ1n) is 8.82. The van der Waals surface area contributed by atoms with Crippen molar-refractivity contribution in [3.63, 3.8) is 0 Å². The highest BCUT2D eigenvalue weighted by Gasteiger charge is 2.40. The van der Waals surface area contributed by atoms with Gasteiger partial charge in [0, 0.05) is 42.4 Å². The Bertz CT molecular complexity index is 744. The summed E-state index contributed by atoms with van der Waals surface area (Å²) < 4.78 is 38.3. The third kappa shape index (κ3) is 3.55. The van der Waals surface area contributed by atoms with E-state index in [1.807, 2.05) is 24.3 Å². The number of likely N-dealkylation sites (tertiary alicyclic amines) is 1. The second-order valence-corrected chi connectivity index (χ2v) is 7.59. The summed E-state index contributed by atoms with van der Waals surface area (Å²) in [7, 11) is 0. The molecule has 2 nitrogen and oxygen atoms in total. The molecule has 26 heavy (non-hydrogen) atoms. The molecule has 2 aromatic carbocycles. The molecule has 2 aromatic rings. The molecule has 2 aliphatic rings. The summed E-state index contributed by atoms with van der Waals surface area (Å²) in [6, 6.07) is 14.2. The van der Waals surface area contributed by atoms with Crippen LogP contribution in [-0.2, 0) is 12.7 Å². The number of hydrogen-bond acceptors (Lipinski definition) is 2. The van der Waals surface area contributed by atoms with Gasteiger partial charge in [-0.05, 0) is 54.8 Å². The van der Waals surface area contributed by atoms with Crippen LogP contribution in [0.2, 0.25) is 5.02 Å². The molecular formula is C20H20ClF3N2. The molecule has 2 saturated heterocycles. The van der Waals surface area contributed by atoms with Crippen molar-refractivity contribution in [1.29, 1.82) is 0 Å². The standard InChI is InChI=1S/C20H20ClF3N2/c21-16-5-1-14(2-6-16)11-25-12-18-9-10-19(13-25)26(18)17-7-3-15(4-8-17)20(22,23)24/h1-8,18-19H,9-13H2. The van der Waals surface area contributed by atoms with Gasteiger partial charge < -0.3 is 4.90 Å². The Morgan fingerprint density at radius 1 is 0.885 bits per heavy atom. The fourth-order valence-electron chi connectivity index (χ4n) is 4.21. The molecule has 0 saturated carbocycles. The minimum atomic E-state index is -4.28. The van der Waals surface area contributed by atoms with Gasteiger partial charge in [-0.3, -0.25) is 4.90 Å². The zero-order valence-electron chi connectivity index (χ0n) is 14.2. The molecule has 0 spiro atoms. The third-order valence-corrected chi connectivity index (χ3v) is 5.62. The summed E-state index contributed by atoms with van der Waals surface area (Å²) in [5.41, 5.74) is 1.54. The van der Waals surface area contributed by atoms with Crippen LogP contribution in [0, 0.1) is 0 Å². The Balaban J connectivity index is 1.46. The van der Waals surface area contributed by atoms with Crippen LogP contribution in [0.1, 0.15) is 24.0 Å². The molecule has 2 heterocycles. The maximum absolute atomic E-state index is 12.8. The Kier molecular flexibility index (Phi) is 4.61. The number of benzene rings is 2. The molecule has 0 aliphatic carbocycles. The van der Waals surface area contributed by atoms with Gasteiger partial charge in [-0.2, -0.15) is 13.2 Å². The van der Waals surface area contributed by atoms with Crippen molar-refractivity contribution < 1.29 is 13.2 Å². The number of alkyl halides is 3. The van der Waals surface area contributed by atoms with E-state index < -0.39 is 11.7 Å². The SMILES string of the molecule is FC(F)(F)c1ccc(N2C3CCC2CN(Cc2ccc(Cl)cc2)C3)cc1. The fraction of sp³-hybridized carbons (Fsp3) is 0.400. The first-order chi connectivity index (χ1) is 12.4. The normalized spacial score (nSPS) is 23.5. The first-order valence-corrected chi connectivity index (χ1v) is 9.20. The molecule has 2 atom stereocenters.